The zero-order valence-corrected chi connectivity index (χ0v) is 29.3. The van der Waals surface area contributed by atoms with Gasteiger partial charge in [0.15, 0.2) is 5.82 Å². The first kappa shape index (κ1) is 29.9. The average molecular weight is 692 g/mol. The van der Waals surface area contributed by atoms with E-state index in [9.17, 15) is 0 Å². The van der Waals surface area contributed by atoms with Crippen LogP contribution >= 0.6 is 11.3 Å². The quantitative estimate of drug-likeness (QED) is 0.180. The summed E-state index contributed by atoms with van der Waals surface area (Å²) >= 11 is 1.85. The Labute approximate surface area is 310 Å². The molecule has 11 rings (SSSR count). The van der Waals surface area contributed by atoms with E-state index >= 15 is 0 Å². The highest BCUT2D eigenvalue weighted by atomic mass is 32.1. The maximum Gasteiger partial charge on any atom is 0.160 e. The second-order valence-electron chi connectivity index (χ2n) is 13.6. The van der Waals surface area contributed by atoms with Crippen molar-refractivity contribution in [3.63, 3.8) is 0 Å². The van der Waals surface area contributed by atoms with E-state index in [-0.39, 0.29) is 0 Å². The van der Waals surface area contributed by atoms with E-state index in [2.05, 4.69) is 163 Å². The summed E-state index contributed by atoms with van der Waals surface area (Å²) in [7, 11) is 0. The molecule has 0 saturated carbocycles. The lowest BCUT2D eigenvalue weighted by Crippen LogP contribution is -1.97. The Kier molecular flexibility index (Phi) is 6.73. The standard InChI is InChI=1S/C49H29N3S/c1-2-9-37-36(8-1)40-11-5-12-41-38(23-24-42(37)48(40)41)45-28-44(51-49(52-45)33-20-16-31(17-21-33)35-7-6-26-50-29-35)32-18-14-30(15-19-32)34-22-25-47-43(27-34)39-10-3-4-13-46(39)53-47/h1-29H. The first-order valence-electron chi connectivity index (χ1n) is 17.8. The number of pyridine rings is 1. The van der Waals surface area contributed by atoms with E-state index in [1.165, 1.54) is 64.3 Å². The predicted octanol–water partition coefficient (Wildman–Crippen LogP) is 13.4. The van der Waals surface area contributed by atoms with Crippen molar-refractivity contribution in [2.75, 3.05) is 0 Å². The number of thiophene rings is 1. The van der Waals surface area contributed by atoms with Crippen LogP contribution in [0.15, 0.2) is 176 Å². The third kappa shape index (κ3) is 4.91. The fraction of sp³-hybridized carbons (Fsp3) is 0. The second kappa shape index (κ2) is 11.9. The molecule has 0 unspecified atom stereocenters. The summed E-state index contributed by atoms with van der Waals surface area (Å²) in [5, 5.41) is 5.10. The van der Waals surface area contributed by atoms with Gasteiger partial charge in [-0.25, -0.2) is 9.97 Å². The normalized spacial score (nSPS) is 11.8. The molecule has 0 amide bonds. The zero-order chi connectivity index (χ0) is 34.9. The minimum atomic E-state index is 0.695. The fourth-order valence-corrected chi connectivity index (χ4v) is 9.06. The van der Waals surface area contributed by atoms with Gasteiger partial charge >= 0.3 is 0 Å². The fourth-order valence-electron chi connectivity index (χ4n) is 7.98. The highest BCUT2D eigenvalue weighted by molar-refractivity contribution is 7.25. The van der Waals surface area contributed by atoms with Gasteiger partial charge in [-0.1, -0.05) is 133 Å². The van der Waals surface area contributed by atoms with Gasteiger partial charge in [0, 0.05) is 49.3 Å². The molecule has 0 N–H and O–H groups in total. The molecule has 0 saturated heterocycles. The van der Waals surface area contributed by atoms with Gasteiger partial charge in [0.25, 0.3) is 0 Å². The first-order valence-corrected chi connectivity index (χ1v) is 18.6. The minimum absolute atomic E-state index is 0.695. The molecular formula is C49H29N3S. The lowest BCUT2D eigenvalue weighted by Gasteiger charge is -2.13. The molecule has 1 aliphatic rings. The van der Waals surface area contributed by atoms with Gasteiger partial charge < -0.3 is 0 Å². The third-order valence-corrected chi connectivity index (χ3v) is 11.7. The number of rotatable bonds is 5. The molecule has 4 heteroatoms. The highest BCUT2D eigenvalue weighted by Crippen LogP contribution is 2.49. The van der Waals surface area contributed by atoms with Crippen molar-refractivity contribution in [1.29, 1.82) is 0 Å². The van der Waals surface area contributed by atoms with E-state index in [4.69, 9.17) is 9.97 Å². The van der Waals surface area contributed by atoms with Crippen molar-refractivity contribution >= 4 is 42.3 Å². The second-order valence-corrected chi connectivity index (χ2v) is 14.7. The van der Waals surface area contributed by atoms with Crippen molar-refractivity contribution in [2.45, 2.75) is 0 Å². The molecule has 0 fully saturated rings. The topological polar surface area (TPSA) is 38.7 Å². The molecule has 3 heterocycles. The lowest BCUT2D eigenvalue weighted by atomic mass is 9.95. The van der Waals surface area contributed by atoms with Crippen LogP contribution in [0, 0.1) is 0 Å². The van der Waals surface area contributed by atoms with Crippen molar-refractivity contribution in [3.8, 4) is 78.4 Å². The monoisotopic (exact) mass is 691 g/mol. The lowest BCUT2D eigenvalue weighted by molar-refractivity contribution is 1.18. The van der Waals surface area contributed by atoms with E-state index < -0.39 is 0 Å². The Bertz CT molecular complexity index is 3010. The SMILES string of the molecule is c1cncc(-c2ccc(-c3nc(-c4ccc(-c5ccc6sc7ccccc7c6c5)cc4)cc(-c4ccc5c6c(cccc46)-c4ccccc4-5)n3)cc2)c1. The molecule has 3 nitrogen and oxygen atoms in total. The van der Waals surface area contributed by atoms with Crippen LogP contribution in [0.1, 0.15) is 0 Å². The van der Waals surface area contributed by atoms with E-state index in [1.807, 2.05) is 23.6 Å². The highest BCUT2D eigenvalue weighted by Gasteiger charge is 2.23. The molecule has 1 aliphatic carbocycles. The van der Waals surface area contributed by atoms with Crippen LogP contribution in [-0.2, 0) is 0 Å². The first-order chi connectivity index (χ1) is 26.2. The van der Waals surface area contributed by atoms with Crippen molar-refractivity contribution in [1.82, 2.24) is 15.0 Å². The van der Waals surface area contributed by atoms with Gasteiger partial charge in [0.1, 0.15) is 0 Å². The summed E-state index contributed by atoms with van der Waals surface area (Å²) in [5.41, 5.74) is 14.6. The molecule has 3 aromatic heterocycles. The largest absolute Gasteiger partial charge is 0.264 e. The van der Waals surface area contributed by atoms with Gasteiger partial charge in [-0.3, -0.25) is 4.98 Å². The summed E-state index contributed by atoms with van der Waals surface area (Å²) in [6, 6.07) is 58.8. The van der Waals surface area contributed by atoms with Gasteiger partial charge in [-0.2, -0.15) is 0 Å². The molecule has 0 spiro atoms. The molecule has 0 atom stereocenters. The summed E-state index contributed by atoms with van der Waals surface area (Å²) in [6.45, 7) is 0. The van der Waals surface area contributed by atoms with Crippen LogP contribution in [0.5, 0.6) is 0 Å². The molecule has 0 radical (unpaired) electrons. The number of hydrogen-bond acceptors (Lipinski definition) is 4. The van der Waals surface area contributed by atoms with Crippen LogP contribution in [0.2, 0.25) is 0 Å². The van der Waals surface area contributed by atoms with E-state index in [0.29, 0.717) is 5.82 Å². The molecule has 7 aromatic carbocycles. The maximum absolute atomic E-state index is 5.27. The summed E-state index contributed by atoms with van der Waals surface area (Å²) in [5.74, 6) is 0.695. The van der Waals surface area contributed by atoms with E-state index in [0.717, 1.165) is 39.2 Å². The molecule has 0 aliphatic heterocycles. The Hall–Kier alpha value is -6.75. The van der Waals surface area contributed by atoms with Crippen LogP contribution in [0.4, 0.5) is 0 Å². The molecule has 53 heavy (non-hydrogen) atoms. The Morgan fingerprint density at radius 3 is 1.79 bits per heavy atom. The number of benzene rings is 7. The molecular weight excluding hydrogens is 663 g/mol. The summed E-state index contributed by atoms with van der Waals surface area (Å²) < 4.78 is 2.63. The van der Waals surface area contributed by atoms with Gasteiger partial charge in [-0.05, 0) is 85.6 Å². The molecule has 246 valence electrons. The van der Waals surface area contributed by atoms with Crippen LogP contribution in [-0.4, -0.2) is 15.0 Å². The van der Waals surface area contributed by atoms with Crippen LogP contribution < -0.4 is 0 Å². The summed E-state index contributed by atoms with van der Waals surface area (Å²) in [6.07, 6.45) is 3.69. The smallest absolute Gasteiger partial charge is 0.160 e. The molecule has 0 bridgehead atoms. The number of aromatic nitrogens is 3. The van der Waals surface area contributed by atoms with Gasteiger partial charge in [-0.15, -0.1) is 11.3 Å². The Morgan fingerprint density at radius 1 is 0.358 bits per heavy atom. The molecule has 10 aromatic rings. The van der Waals surface area contributed by atoms with Gasteiger partial charge in [0.05, 0.1) is 11.4 Å². The third-order valence-electron chi connectivity index (χ3n) is 10.6. The van der Waals surface area contributed by atoms with Gasteiger partial charge in [0.2, 0.25) is 0 Å². The number of hydrogen-bond donors (Lipinski definition) is 0. The van der Waals surface area contributed by atoms with Crippen molar-refractivity contribution in [2.24, 2.45) is 0 Å². The van der Waals surface area contributed by atoms with E-state index in [1.54, 1.807) is 6.20 Å². The summed E-state index contributed by atoms with van der Waals surface area (Å²) in [4.78, 5) is 14.8. The maximum atomic E-state index is 5.27. The van der Waals surface area contributed by atoms with Crippen molar-refractivity contribution in [3.05, 3.63) is 176 Å². The predicted molar refractivity (Wildman–Crippen MR) is 222 cm³/mol. The van der Waals surface area contributed by atoms with Crippen LogP contribution in [0.3, 0.4) is 0 Å². The van der Waals surface area contributed by atoms with Crippen molar-refractivity contribution < 1.29 is 0 Å². The Balaban J connectivity index is 1.04. The minimum Gasteiger partial charge on any atom is -0.264 e. The average Bonchev–Trinajstić information content (AvgIpc) is 3.77. The number of fused-ring (bicyclic) bond motifs is 6. The van der Waals surface area contributed by atoms with Crippen LogP contribution in [0.25, 0.3) is 109 Å². The number of nitrogens with zero attached hydrogens (tertiary/aromatic N) is 3. The Morgan fingerprint density at radius 2 is 0.981 bits per heavy atom. The zero-order valence-electron chi connectivity index (χ0n) is 28.5.